The van der Waals surface area contributed by atoms with Crippen molar-refractivity contribution < 1.29 is 9.53 Å². The Kier molecular flexibility index (Phi) is 5.53. The third kappa shape index (κ3) is 3.99. The van der Waals surface area contributed by atoms with Gasteiger partial charge in [-0.3, -0.25) is 9.69 Å². The second-order valence-electron chi connectivity index (χ2n) is 7.77. The molecule has 5 nitrogen and oxygen atoms in total. The van der Waals surface area contributed by atoms with Crippen LogP contribution in [-0.2, 0) is 4.79 Å². The van der Waals surface area contributed by atoms with Crippen molar-refractivity contribution in [1.29, 1.82) is 0 Å². The number of amides is 1. The Balaban J connectivity index is 1.33. The van der Waals surface area contributed by atoms with Gasteiger partial charge in [-0.25, -0.2) is 0 Å². The lowest BCUT2D eigenvalue weighted by Crippen LogP contribution is -2.55. The van der Waals surface area contributed by atoms with Crippen LogP contribution < -0.4 is 14.5 Å². The van der Waals surface area contributed by atoms with Crippen molar-refractivity contribution in [2.24, 2.45) is 0 Å². The zero-order chi connectivity index (χ0) is 19.5. The maximum Gasteiger partial charge on any atom is 0.241 e. The van der Waals surface area contributed by atoms with E-state index in [0.29, 0.717) is 12.6 Å². The Morgan fingerprint density at radius 2 is 1.68 bits per heavy atom. The summed E-state index contributed by atoms with van der Waals surface area (Å²) < 4.78 is 5.30. The van der Waals surface area contributed by atoms with E-state index in [0.717, 1.165) is 50.5 Å². The molecule has 148 valence electrons. The molecule has 2 saturated heterocycles. The molecule has 2 aromatic carbocycles. The number of carbonyl (C=O) groups excluding carboxylic acids is 1. The molecule has 2 aromatic rings. The fourth-order valence-electron chi connectivity index (χ4n) is 4.30. The number of carbonyl (C=O) groups is 1. The van der Waals surface area contributed by atoms with E-state index in [-0.39, 0.29) is 5.91 Å². The molecule has 2 fully saturated rings. The molecule has 0 unspecified atom stereocenters. The SMILES string of the molecule is COc1cccc(N2CCN(C3CCN(c4ccc(C)cc4)CC3)CC2=O)c1. The number of anilines is 2. The van der Waals surface area contributed by atoms with Gasteiger partial charge < -0.3 is 14.5 Å². The van der Waals surface area contributed by atoms with Gasteiger partial charge in [-0.2, -0.15) is 0 Å². The molecule has 0 aliphatic carbocycles. The Labute approximate surface area is 167 Å². The number of rotatable bonds is 4. The zero-order valence-electron chi connectivity index (χ0n) is 16.8. The first-order valence-electron chi connectivity index (χ1n) is 10.1. The van der Waals surface area contributed by atoms with Crippen LogP contribution in [-0.4, -0.2) is 56.7 Å². The molecule has 2 aliphatic rings. The van der Waals surface area contributed by atoms with Crippen molar-refractivity contribution in [1.82, 2.24) is 4.90 Å². The van der Waals surface area contributed by atoms with Crippen LogP contribution in [0.25, 0.3) is 0 Å². The van der Waals surface area contributed by atoms with E-state index in [9.17, 15) is 4.79 Å². The van der Waals surface area contributed by atoms with Crippen molar-refractivity contribution in [3.05, 3.63) is 54.1 Å². The second kappa shape index (κ2) is 8.23. The predicted octanol–water partition coefficient (Wildman–Crippen LogP) is 3.32. The molecule has 0 atom stereocenters. The van der Waals surface area contributed by atoms with Gasteiger partial charge in [0, 0.05) is 49.7 Å². The summed E-state index contributed by atoms with van der Waals surface area (Å²) in [7, 11) is 1.65. The number of aryl methyl sites for hydroxylation is 1. The fourth-order valence-corrected chi connectivity index (χ4v) is 4.30. The average molecular weight is 380 g/mol. The maximum atomic E-state index is 12.8. The highest BCUT2D eigenvalue weighted by Crippen LogP contribution is 2.26. The van der Waals surface area contributed by atoms with E-state index in [1.165, 1.54) is 11.3 Å². The Morgan fingerprint density at radius 3 is 2.36 bits per heavy atom. The van der Waals surface area contributed by atoms with E-state index in [1.807, 2.05) is 29.2 Å². The largest absolute Gasteiger partial charge is 0.497 e. The monoisotopic (exact) mass is 379 g/mol. The number of ether oxygens (including phenoxy) is 1. The third-order valence-electron chi connectivity index (χ3n) is 6.00. The minimum atomic E-state index is 0.181. The lowest BCUT2D eigenvalue weighted by atomic mass is 10.0. The normalized spacial score (nSPS) is 19.1. The minimum absolute atomic E-state index is 0.181. The minimum Gasteiger partial charge on any atom is -0.497 e. The lowest BCUT2D eigenvalue weighted by Gasteiger charge is -2.42. The van der Waals surface area contributed by atoms with Crippen molar-refractivity contribution in [2.45, 2.75) is 25.8 Å². The third-order valence-corrected chi connectivity index (χ3v) is 6.00. The topological polar surface area (TPSA) is 36.0 Å². The van der Waals surface area contributed by atoms with Crippen LogP contribution in [0.5, 0.6) is 5.75 Å². The maximum absolute atomic E-state index is 12.8. The standard InChI is InChI=1S/C23H29N3O2/c1-18-6-8-19(9-7-18)24-12-10-20(11-13-24)25-14-15-26(23(27)17-25)21-4-3-5-22(16-21)28-2/h3-9,16,20H,10-15,17H2,1-2H3. The Hall–Kier alpha value is -2.53. The number of hydrogen-bond donors (Lipinski definition) is 0. The van der Waals surface area contributed by atoms with Gasteiger partial charge in [0.2, 0.25) is 5.91 Å². The number of piperidine rings is 1. The van der Waals surface area contributed by atoms with Gasteiger partial charge in [0.15, 0.2) is 0 Å². The number of benzene rings is 2. The molecule has 0 N–H and O–H groups in total. The number of nitrogens with zero attached hydrogens (tertiary/aromatic N) is 3. The fraction of sp³-hybridized carbons (Fsp3) is 0.435. The van der Waals surface area contributed by atoms with Crippen LogP contribution in [0.15, 0.2) is 48.5 Å². The van der Waals surface area contributed by atoms with E-state index in [2.05, 4.69) is 41.0 Å². The van der Waals surface area contributed by atoms with E-state index in [4.69, 9.17) is 4.74 Å². The van der Waals surface area contributed by atoms with Gasteiger partial charge in [0.1, 0.15) is 5.75 Å². The zero-order valence-corrected chi connectivity index (χ0v) is 16.8. The van der Waals surface area contributed by atoms with Crippen molar-refractivity contribution in [3.8, 4) is 5.75 Å². The highest BCUT2D eigenvalue weighted by atomic mass is 16.5. The van der Waals surface area contributed by atoms with Crippen LogP contribution in [0.4, 0.5) is 11.4 Å². The lowest BCUT2D eigenvalue weighted by molar-refractivity contribution is -0.122. The summed E-state index contributed by atoms with van der Waals surface area (Å²) in [6, 6.07) is 17.1. The number of piperazine rings is 1. The summed E-state index contributed by atoms with van der Waals surface area (Å²) in [5, 5.41) is 0. The van der Waals surface area contributed by atoms with Crippen molar-refractivity contribution >= 4 is 17.3 Å². The van der Waals surface area contributed by atoms with E-state index in [1.54, 1.807) is 7.11 Å². The first-order valence-corrected chi connectivity index (χ1v) is 10.1. The Morgan fingerprint density at radius 1 is 0.929 bits per heavy atom. The highest BCUT2D eigenvalue weighted by Gasteiger charge is 2.31. The summed E-state index contributed by atoms with van der Waals surface area (Å²) in [6.45, 7) is 6.41. The molecule has 0 spiro atoms. The quantitative estimate of drug-likeness (QED) is 0.817. The Bertz CT molecular complexity index is 813. The van der Waals surface area contributed by atoms with Crippen LogP contribution >= 0.6 is 0 Å². The average Bonchev–Trinajstić information content (AvgIpc) is 2.74. The van der Waals surface area contributed by atoms with Gasteiger partial charge in [-0.15, -0.1) is 0 Å². The molecule has 4 rings (SSSR count). The molecule has 1 amide bonds. The van der Waals surface area contributed by atoms with Gasteiger partial charge in [-0.05, 0) is 44.0 Å². The number of hydrogen-bond acceptors (Lipinski definition) is 4. The number of methoxy groups -OCH3 is 1. The van der Waals surface area contributed by atoms with E-state index >= 15 is 0 Å². The van der Waals surface area contributed by atoms with Crippen molar-refractivity contribution in [2.75, 3.05) is 49.6 Å². The van der Waals surface area contributed by atoms with Crippen LogP contribution in [0.3, 0.4) is 0 Å². The predicted molar refractivity (Wildman–Crippen MR) is 113 cm³/mol. The summed E-state index contributed by atoms with van der Waals surface area (Å²) >= 11 is 0. The van der Waals surface area contributed by atoms with Crippen molar-refractivity contribution in [3.63, 3.8) is 0 Å². The summed E-state index contributed by atoms with van der Waals surface area (Å²) in [5.41, 5.74) is 3.53. The van der Waals surface area contributed by atoms with Gasteiger partial charge in [0.05, 0.1) is 13.7 Å². The molecule has 2 aliphatic heterocycles. The summed E-state index contributed by atoms with van der Waals surface area (Å²) in [6.07, 6.45) is 2.22. The van der Waals surface area contributed by atoms with Gasteiger partial charge in [-0.1, -0.05) is 23.8 Å². The highest BCUT2D eigenvalue weighted by molar-refractivity contribution is 5.95. The molecule has 2 heterocycles. The molecule has 0 saturated carbocycles. The first kappa shape index (κ1) is 18.8. The first-order chi connectivity index (χ1) is 13.6. The van der Waals surface area contributed by atoms with Crippen LogP contribution in [0.1, 0.15) is 18.4 Å². The molecule has 0 aromatic heterocycles. The molecular formula is C23H29N3O2. The molecule has 28 heavy (non-hydrogen) atoms. The van der Waals surface area contributed by atoms with E-state index < -0.39 is 0 Å². The smallest absolute Gasteiger partial charge is 0.241 e. The van der Waals surface area contributed by atoms with Gasteiger partial charge >= 0.3 is 0 Å². The summed E-state index contributed by atoms with van der Waals surface area (Å²) in [5.74, 6) is 0.969. The van der Waals surface area contributed by atoms with Crippen LogP contribution in [0.2, 0.25) is 0 Å². The molecular weight excluding hydrogens is 350 g/mol. The molecule has 0 bridgehead atoms. The molecule has 0 radical (unpaired) electrons. The second-order valence-corrected chi connectivity index (χ2v) is 7.77. The van der Waals surface area contributed by atoms with Crippen LogP contribution in [0, 0.1) is 6.92 Å². The van der Waals surface area contributed by atoms with Gasteiger partial charge in [0.25, 0.3) is 0 Å². The summed E-state index contributed by atoms with van der Waals surface area (Å²) in [4.78, 5) is 19.5. The molecule has 5 heteroatoms.